The molecule has 2 atom stereocenters. The van der Waals surface area contributed by atoms with Gasteiger partial charge in [-0.2, -0.15) is 0 Å². The van der Waals surface area contributed by atoms with Gasteiger partial charge in [0.25, 0.3) is 0 Å². The van der Waals surface area contributed by atoms with Crippen LogP contribution in [-0.2, 0) is 14.3 Å². The first-order chi connectivity index (χ1) is 10.2. The summed E-state index contributed by atoms with van der Waals surface area (Å²) >= 11 is 0. The number of nitrogens with one attached hydrogen (secondary N) is 1. The van der Waals surface area contributed by atoms with Crippen molar-refractivity contribution in [1.82, 2.24) is 10.3 Å². The molecule has 1 amide bonds. The van der Waals surface area contributed by atoms with Crippen LogP contribution in [0.4, 0.5) is 4.79 Å². The van der Waals surface area contributed by atoms with Crippen LogP contribution in [0.25, 0.3) is 0 Å². The minimum atomic E-state index is -1.27. The predicted octanol–water partition coefficient (Wildman–Crippen LogP) is 1.57. The van der Waals surface area contributed by atoms with Gasteiger partial charge in [-0.1, -0.05) is 0 Å². The molecule has 0 spiro atoms. The molecule has 0 unspecified atom stereocenters. The molecule has 122 valence electrons. The van der Waals surface area contributed by atoms with E-state index < -0.39 is 29.8 Å². The Morgan fingerprint density at radius 2 is 1.91 bits per heavy atom. The second-order valence-corrected chi connectivity index (χ2v) is 5.60. The van der Waals surface area contributed by atoms with Gasteiger partial charge in [0, 0.05) is 12.4 Å². The van der Waals surface area contributed by atoms with Gasteiger partial charge in [-0.3, -0.25) is 4.98 Å². The van der Waals surface area contributed by atoms with E-state index in [1.807, 2.05) is 0 Å². The maximum absolute atomic E-state index is 12.0. The number of aromatic nitrogens is 1. The van der Waals surface area contributed by atoms with Crippen molar-refractivity contribution in [3.05, 3.63) is 30.1 Å². The zero-order valence-corrected chi connectivity index (χ0v) is 13.2. The van der Waals surface area contributed by atoms with Crippen LogP contribution in [0.5, 0.6) is 0 Å². The van der Waals surface area contributed by atoms with Crippen LogP contribution in [0.1, 0.15) is 39.4 Å². The van der Waals surface area contributed by atoms with Crippen molar-refractivity contribution < 1.29 is 24.2 Å². The van der Waals surface area contributed by atoms with Crippen LogP contribution in [0.3, 0.4) is 0 Å². The normalized spacial score (nSPS) is 13.9. The summed E-state index contributed by atoms with van der Waals surface area (Å²) in [6, 6.07) is 1.83. The Kier molecular flexibility index (Phi) is 6.30. The maximum atomic E-state index is 12.0. The van der Waals surface area contributed by atoms with E-state index in [-0.39, 0.29) is 6.61 Å². The van der Waals surface area contributed by atoms with E-state index in [1.54, 1.807) is 39.8 Å². The number of hydrogen-bond acceptors (Lipinski definition) is 6. The summed E-state index contributed by atoms with van der Waals surface area (Å²) in [6.45, 7) is 6.87. The number of carbonyl (C=O) groups is 2. The Morgan fingerprint density at radius 1 is 1.32 bits per heavy atom. The summed E-state index contributed by atoms with van der Waals surface area (Å²) in [6.07, 6.45) is 0.885. The van der Waals surface area contributed by atoms with Gasteiger partial charge in [0.15, 0.2) is 6.04 Å². The number of esters is 1. The molecule has 0 bridgehead atoms. The third kappa shape index (κ3) is 5.69. The Hall–Kier alpha value is -2.15. The molecule has 7 nitrogen and oxygen atoms in total. The average Bonchev–Trinajstić information content (AvgIpc) is 2.43. The number of nitrogens with zero attached hydrogens (tertiary/aromatic N) is 1. The number of aliphatic hydroxyl groups is 1. The summed E-state index contributed by atoms with van der Waals surface area (Å²) in [5.41, 5.74) is -0.283. The molecule has 2 N–H and O–H groups in total. The molecule has 0 aliphatic heterocycles. The maximum Gasteiger partial charge on any atom is 0.408 e. The number of rotatable bonds is 5. The second kappa shape index (κ2) is 7.74. The summed E-state index contributed by atoms with van der Waals surface area (Å²) in [5, 5.41) is 12.7. The van der Waals surface area contributed by atoms with Crippen molar-refractivity contribution in [1.29, 1.82) is 0 Å². The Morgan fingerprint density at radius 3 is 2.41 bits per heavy atom. The average molecular weight is 310 g/mol. The smallest absolute Gasteiger partial charge is 0.408 e. The fourth-order valence-corrected chi connectivity index (χ4v) is 1.69. The highest BCUT2D eigenvalue weighted by Crippen LogP contribution is 2.18. The first-order valence-corrected chi connectivity index (χ1v) is 6.98. The fourth-order valence-electron chi connectivity index (χ4n) is 1.69. The van der Waals surface area contributed by atoms with E-state index in [4.69, 9.17) is 9.47 Å². The topological polar surface area (TPSA) is 97.8 Å². The van der Waals surface area contributed by atoms with Gasteiger partial charge in [0.2, 0.25) is 0 Å². The lowest BCUT2D eigenvalue weighted by Gasteiger charge is -2.25. The molecule has 1 aromatic rings. The zero-order valence-electron chi connectivity index (χ0n) is 13.2. The number of aliphatic hydroxyl groups excluding tert-OH is 1. The standard InChI is InChI=1S/C15H22N2O5/c1-5-21-13(19)11(17-14(20)22-15(2,3)4)12(18)10-6-8-16-9-7-10/h6-9,11-12,18H,5H2,1-4H3,(H,17,20)/t11-,12-/m1/s1. The zero-order chi connectivity index (χ0) is 16.8. The van der Waals surface area contributed by atoms with Gasteiger partial charge in [-0.15, -0.1) is 0 Å². The Labute approximate surface area is 129 Å². The molecule has 7 heteroatoms. The van der Waals surface area contributed by atoms with Gasteiger partial charge in [-0.25, -0.2) is 9.59 Å². The molecule has 0 aromatic carbocycles. The summed E-state index contributed by atoms with van der Waals surface area (Å²) < 4.78 is 9.99. The third-order valence-electron chi connectivity index (χ3n) is 2.58. The van der Waals surface area contributed by atoms with Crippen molar-refractivity contribution >= 4 is 12.1 Å². The van der Waals surface area contributed by atoms with Crippen molar-refractivity contribution in [2.45, 2.75) is 45.4 Å². The van der Waals surface area contributed by atoms with Crippen LogP contribution in [0.15, 0.2) is 24.5 Å². The first kappa shape index (κ1) is 17.9. The number of pyridine rings is 1. The lowest BCUT2D eigenvalue weighted by Crippen LogP contribution is -2.47. The SMILES string of the molecule is CCOC(=O)[C@H](NC(=O)OC(C)(C)C)[C@H](O)c1ccncc1. The molecular formula is C15H22N2O5. The van der Waals surface area contributed by atoms with Crippen molar-refractivity contribution in [3.8, 4) is 0 Å². The van der Waals surface area contributed by atoms with Crippen LogP contribution < -0.4 is 5.32 Å². The van der Waals surface area contributed by atoms with Gasteiger partial charge in [0.05, 0.1) is 6.61 Å². The summed E-state index contributed by atoms with van der Waals surface area (Å²) in [5.74, 6) is -0.738. The summed E-state index contributed by atoms with van der Waals surface area (Å²) in [4.78, 5) is 27.7. The molecule has 0 aliphatic rings. The molecule has 0 radical (unpaired) electrons. The molecule has 0 saturated carbocycles. The number of hydrogen-bond donors (Lipinski definition) is 2. The number of ether oxygens (including phenoxy) is 2. The molecule has 1 aromatic heterocycles. The largest absolute Gasteiger partial charge is 0.464 e. The Balaban J connectivity index is 2.89. The predicted molar refractivity (Wildman–Crippen MR) is 79.0 cm³/mol. The molecule has 0 saturated heterocycles. The highest BCUT2D eigenvalue weighted by atomic mass is 16.6. The van der Waals surface area contributed by atoms with E-state index in [9.17, 15) is 14.7 Å². The molecule has 1 heterocycles. The molecular weight excluding hydrogens is 288 g/mol. The van der Waals surface area contributed by atoms with Gasteiger partial charge >= 0.3 is 12.1 Å². The highest BCUT2D eigenvalue weighted by Gasteiger charge is 2.32. The number of amides is 1. The van der Waals surface area contributed by atoms with E-state index >= 15 is 0 Å². The van der Waals surface area contributed by atoms with Crippen molar-refractivity contribution in [2.75, 3.05) is 6.61 Å². The monoisotopic (exact) mass is 310 g/mol. The fraction of sp³-hybridized carbons (Fsp3) is 0.533. The molecule has 0 aliphatic carbocycles. The lowest BCUT2D eigenvalue weighted by atomic mass is 10.0. The quantitative estimate of drug-likeness (QED) is 0.801. The van der Waals surface area contributed by atoms with Crippen LogP contribution in [-0.4, -0.2) is 40.4 Å². The van der Waals surface area contributed by atoms with Crippen LogP contribution >= 0.6 is 0 Å². The van der Waals surface area contributed by atoms with E-state index in [0.717, 1.165) is 0 Å². The Bertz CT molecular complexity index is 498. The van der Waals surface area contributed by atoms with Gasteiger partial charge in [-0.05, 0) is 45.4 Å². The number of carbonyl (C=O) groups excluding carboxylic acids is 2. The molecule has 0 fully saturated rings. The van der Waals surface area contributed by atoms with Crippen molar-refractivity contribution in [3.63, 3.8) is 0 Å². The minimum absolute atomic E-state index is 0.133. The van der Waals surface area contributed by atoms with Gasteiger partial charge in [0.1, 0.15) is 11.7 Å². The first-order valence-electron chi connectivity index (χ1n) is 6.98. The highest BCUT2D eigenvalue weighted by molar-refractivity contribution is 5.82. The second-order valence-electron chi connectivity index (χ2n) is 5.60. The molecule has 1 rings (SSSR count). The van der Waals surface area contributed by atoms with E-state index in [2.05, 4.69) is 10.3 Å². The van der Waals surface area contributed by atoms with E-state index in [1.165, 1.54) is 12.4 Å². The third-order valence-corrected chi connectivity index (χ3v) is 2.58. The molecule has 22 heavy (non-hydrogen) atoms. The minimum Gasteiger partial charge on any atom is -0.464 e. The van der Waals surface area contributed by atoms with E-state index in [0.29, 0.717) is 5.56 Å². The number of alkyl carbamates (subject to hydrolysis) is 1. The van der Waals surface area contributed by atoms with Crippen molar-refractivity contribution in [2.24, 2.45) is 0 Å². The van der Waals surface area contributed by atoms with Crippen LogP contribution in [0, 0.1) is 0 Å². The lowest BCUT2D eigenvalue weighted by molar-refractivity contribution is -0.148. The van der Waals surface area contributed by atoms with Crippen LogP contribution in [0.2, 0.25) is 0 Å². The summed E-state index contributed by atoms with van der Waals surface area (Å²) in [7, 11) is 0. The van der Waals surface area contributed by atoms with Gasteiger partial charge < -0.3 is 19.9 Å².